The number of carbonyl (C=O) groups is 1. The molecule has 2 aliphatic rings. The van der Waals surface area contributed by atoms with E-state index in [0.717, 1.165) is 37.2 Å². The van der Waals surface area contributed by atoms with Gasteiger partial charge in [0, 0.05) is 17.4 Å². The SMILES string of the molecule is Cc1ccc(C(=O)C2CCOC3(CCCC3)C2)s1. The molecule has 2 heterocycles. The molecule has 1 aromatic heterocycles. The Morgan fingerprint density at radius 3 is 2.83 bits per heavy atom. The van der Waals surface area contributed by atoms with Crippen LogP contribution in [-0.2, 0) is 4.74 Å². The molecule has 0 aromatic carbocycles. The molecule has 3 heteroatoms. The fourth-order valence-corrected chi connectivity index (χ4v) is 4.27. The molecule has 1 atom stereocenters. The Balaban J connectivity index is 1.74. The summed E-state index contributed by atoms with van der Waals surface area (Å²) in [6, 6.07) is 4.03. The second-order valence-corrected chi connectivity index (χ2v) is 6.99. The van der Waals surface area contributed by atoms with Gasteiger partial charge in [0.2, 0.25) is 0 Å². The number of aryl methyl sites for hydroxylation is 1. The van der Waals surface area contributed by atoms with Crippen LogP contribution < -0.4 is 0 Å². The second-order valence-electron chi connectivity index (χ2n) is 5.70. The Bertz CT molecular complexity index is 443. The average Bonchev–Trinajstić information content (AvgIpc) is 2.98. The summed E-state index contributed by atoms with van der Waals surface area (Å²) in [5.74, 6) is 0.539. The first-order valence-corrected chi connectivity index (χ1v) is 7.75. The number of rotatable bonds is 2. The quantitative estimate of drug-likeness (QED) is 0.755. The summed E-state index contributed by atoms with van der Waals surface area (Å²) in [6.07, 6.45) is 6.68. The van der Waals surface area contributed by atoms with Gasteiger partial charge in [-0.05, 0) is 44.7 Å². The first kappa shape index (κ1) is 12.4. The summed E-state index contributed by atoms with van der Waals surface area (Å²) < 4.78 is 6.00. The van der Waals surface area contributed by atoms with Crippen LogP contribution in [0.4, 0.5) is 0 Å². The minimum atomic E-state index is 0.0465. The van der Waals surface area contributed by atoms with E-state index >= 15 is 0 Å². The highest BCUT2D eigenvalue weighted by atomic mass is 32.1. The van der Waals surface area contributed by atoms with Crippen LogP contribution in [0.3, 0.4) is 0 Å². The highest BCUT2D eigenvalue weighted by molar-refractivity contribution is 7.14. The molecule has 1 saturated carbocycles. The number of hydrogen-bond donors (Lipinski definition) is 0. The molecule has 0 bridgehead atoms. The molecule has 1 aromatic rings. The molecule has 2 fully saturated rings. The maximum atomic E-state index is 12.5. The van der Waals surface area contributed by atoms with Crippen molar-refractivity contribution in [1.29, 1.82) is 0 Å². The third kappa shape index (κ3) is 2.26. The molecule has 0 N–H and O–H groups in total. The zero-order valence-corrected chi connectivity index (χ0v) is 11.7. The van der Waals surface area contributed by atoms with Crippen LogP contribution in [0, 0.1) is 12.8 Å². The monoisotopic (exact) mass is 264 g/mol. The molecule has 1 aliphatic heterocycles. The third-order valence-electron chi connectivity index (χ3n) is 4.36. The second kappa shape index (κ2) is 4.78. The predicted octanol–water partition coefficient (Wildman–Crippen LogP) is 3.98. The van der Waals surface area contributed by atoms with Crippen LogP contribution in [0.25, 0.3) is 0 Å². The van der Waals surface area contributed by atoms with E-state index in [9.17, 15) is 4.79 Å². The average molecular weight is 264 g/mol. The zero-order chi connectivity index (χ0) is 12.6. The Labute approximate surface area is 112 Å². The van der Waals surface area contributed by atoms with Gasteiger partial charge < -0.3 is 4.74 Å². The van der Waals surface area contributed by atoms with Crippen LogP contribution in [0.15, 0.2) is 12.1 Å². The van der Waals surface area contributed by atoms with Crippen molar-refractivity contribution in [1.82, 2.24) is 0 Å². The van der Waals surface area contributed by atoms with Crippen molar-refractivity contribution in [2.45, 2.75) is 51.0 Å². The summed E-state index contributed by atoms with van der Waals surface area (Å²) in [5, 5.41) is 0. The Morgan fingerprint density at radius 2 is 2.17 bits per heavy atom. The molecule has 0 amide bonds. The number of carbonyl (C=O) groups excluding carboxylic acids is 1. The van der Waals surface area contributed by atoms with Gasteiger partial charge in [-0.25, -0.2) is 0 Å². The molecule has 2 nitrogen and oxygen atoms in total. The van der Waals surface area contributed by atoms with Crippen LogP contribution in [0.5, 0.6) is 0 Å². The van der Waals surface area contributed by atoms with E-state index in [1.165, 1.54) is 17.7 Å². The first-order valence-electron chi connectivity index (χ1n) is 6.93. The van der Waals surface area contributed by atoms with Gasteiger partial charge in [0.15, 0.2) is 5.78 Å². The summed E-state index contributed by atoms with van der Waals surface area (Å²) in [4.78, 5) is 14.7. The maximum absolute atomic E-state index is 12.5. The molecule has 1 spiro atoms. The van der Waals surface area contributed by atoms with Gasteiger partial charge in [0.05, 0.1) is 10.5 Å². The van der Waals surface area contributed by atoms with Crippen molar-refractivity contribution in [3.05, 3.63) is 21.9 Å². The molecular weight excluding hydrogens is 244 g/mol. The molecule has 1 saturated heterocycles. The van der Waals surface area contributed by atoms with Gasteiger partial charge in [0.25, 0.3) is 0 Å². The van der Waals surface area contributed by atoms with Crippen molar-refractivity contribution < 1.29 is 9.53 Å². The van der Waals surface area contributed by atoms with E-state index in [-0.39, 0.29) is 11.5 Å². The third-order valence-corrected chi connectivity index (χ3v) is 5.38. The van der Waals surface area contributed by atoms with Crippen LogP contribution >= 0.6 is 11.3 Å². The summed E-state index contributed by atoms with van der Waals surface area (Å²) in [6.45, 7) is 2.82. The summed E-state index contributed by atoms with van der Waals surface area (Å²) in [5.41, 5.74) is 0.0465. The Kier molecular flexibility index (Phi) is 3.29. The van der Waals surface area contributed by atoms with Gasteiger partial charge in [-0.1, -0.05) is 12.8 Å². The molecule has 3 rings (SSSR count). The van der Waals surface area contributed by atoms with Gasteiger partial charge in [-0.15, -0.1) is 11.3 Å². The number of thiophene rings is 1. The van der Waals surface area contributed by atoms with E-state index in [1.807, 2.05) is 12.1 Å². The topological polar surface area (TPSA) is 26.3 Å². The lowest BCUT2D eigenvalue weighted by atomic mass is 9.82. The number of ketones is 1. The van der Waals surface area contributed by atoms with Crippen LogP contribution in [-0.4, -0.2) is 18.0 Å². The molecular formula is C15H20O2S. The Hall–Kier alpha value is -0.670. The normalized spacial score (nSPS) is 26.6. The lowest BCUT2D eigenvalue weighted by molar-refractivity contribution is -0.0865. The number of hydrogen-bond acceptors (Lipinski definition) is 3. The zero-order valence-electron chi connectivity index (χ0n) is 10.9. The van der Waals surface area contributed by atoms with Crippen molar-refractivity contribution in [3.63, 3.8) is 0 Å². The van der Waals surface area contributed by atoms with Crippen LogP contribution in [0.1, 0.15) is 53.1 Å². The maximum Gasteiger partial charge on any atom is 0.176 e. The van der Waals surface area contributed by atoms with Crippen molar-refractivity contribution in [2.24, 2.45) is 5.92 Å². The van der Waals surface area contributed by atoms with E-state index in [0.29, 0.717) is 5.78 Å². The van der Waals surface area contributed by atoms with Gasteiger partial charge >= 0.3 is 0 Å². The lowest BCUT2D eigenvalue weighted by Crippen LogP contribution is -2.39. The fraction of sp³-hybridized carbons (Fsp3) is 0.667. The molecule has 0 radical (unpaired) electrons. The highest BCUT2D eigenvalue weighted by Gasteiger charge is 2.42. The first-order chi connectivity index (χ1) is 8.69. The molecule has 1 aliphatic carbocycles. The van der Waals surface area contributed by atoms with Crippen molar-refractivity contribution >= 4 is 17.1 Å². The largest absolute Gasteiger partial charge is 0.375 e. The van der Waals surface area contributed by atoms with E-state index in [2.05, 4.69) is 6.92 Å². The van der Waals surface area contributed by atoms with Crippen LogP contribution in [0.2, 0.25) is 0 Å². The van der Waals surface area contributed by atoms with E-state index in [4.69, 9.17) is 4.74 Å². The van der Waals surface area contributed by atoms with Gasteiger partial charge in [0.1, 0.15) is 0 Å². The minimum Gasteiger partial charge on any atom is -0.375 e. The van der Waals surface area contributed by atoms with Crippen molar-refractivity contribution in [3.8, 4) is 0 Å². The standard InChI is InChI=1S/C15H20O2S/c1-11-4-5-13(18-11)14(16)12-6-9-17-15(10-12)7-2-3-8-15/h4-5,12H,2-3,6-10H2,1H3. The van der Waals surface area contributed by atoms with Gasteiger partial charge in [-0.2, -0.15) is 0 Å². The predicted molar refractivity (Wildman–Crippen MR) is 73.3 cm³/mol. The summed E-state index contributed by atoms with van der Waals surface area (Å²) in [7, 11) is 0. The summed E-state index contributed by atoms with van der Waals surface area (Å²) >= 11 is 1.63. The highest BCUT2D eigenvalue weighted by Crippen LogP contribution is 2.43. The number of Topliss-reactive ketones (excluding diaryl/α,β-unsaturated/α-hetero) is 1. The minimum absolute atomic E-state index is 0.0465. The molecule has 1 unspecified atom stereocenters. The molecule has 98 valence electrons. The van der Waals surface area contributed by atoms with E-state index < -0.39 is 0 Å². The number of ether oxygens (including phenoxy) is 1. The molecule has 18 heavy (non-hydrogen) atoms. The Morgan fingerprint density at radius 1 is 1.39 bits per heavy atom. The van der Waals surface area contributed by atoms with Gasteiger partial charge in [-0.3, -0.25) is 4.79 Å². The smallest absolute Gasteiger partial charge is 0.176 e. The van der Waals surface area contributed by atoms with Crippen molar-refractivity contribution in [2.75, 3.05) is 6.61 Å². The van der Waals surface area contributed by atoms with E-state index in [1.54, 1.807) is 11.3 Å². The fourth-order valence-electron chi connectivity index (χ4n) is 3.39. The lowest BCUT2D eigenvalue weighted by Gasteiger charge is -2.37.